The lowest BCUT2D eigenvalue weighted by Gasteiger charge is -2.13. The summed E-state index contributed by atoms with van der Waals surface area (Å²) in [6.07, 6.45) is 4.74. The van der Waals surface area contributed by atoms with Gasteiger partial charge in [-0.15, -0.1) is 0 Å². The molecule has 0 heterocycles. The van der Waals surface area contributed by atoms with Crippen LogP contribution in [0.2, 0.25) is 0 Å². The van der Waals surface area contributed by atoms with Crippen molar-refractivity contribution < 1.29 is 9.90 Å². The molecule has 1 aromatic carbocycles. The van der Waals surface area contributed by atoms with Gasteiger partial charge in [0.2, 0.25) is 0 Å². The van der Waals surface area contributed by atoms with Gasteiger partial charge in [0.05, 0.1) is 5.56 Å². The Morgan fingerprint density at radius 2 is 2.28 bits per heavy atom. The van der Waals surface area contributed by atoms with Crippen LogP contribution in [-0.2, 0) is 6.54 Å². The number of hydrogen-bond acceptors (Lipinski definition) is 3. The van der Waals surface area contributed by atoms with E-state index >= 15 is 0 Å². The van der Waals surface area contributed by atoms with Crippen molar-refractivity contribution in [2.75, 3.05) is 12.8 Å². The maximum atomic E-state index is 10.8. The number of rotatable bonds is 6. The van der Waals surface area contributed by atoms with Crippen LogP contribution >= 0.6 is 27.7 Å². The van der Waals surface area contributed by atoms with Gasteiger partial charge in [-0.2, -0.15) is 11.8 Å². The molecule has 5 heteroatoms. The number of benzene rings is 1. The molecular formula is C13H16BrNO2S. The van der Waals surface area contributed by atoms with Crippen LogP contribution in [0.4, 0.5) is 0 Å². The largest absolute Gasteiger partial charge is 0.478 e. The first kappa shape index (κ1) is 13.9. The molecule has 1 fully saturated rings. The van der Waals surface area contributed by atoms with Gasteiger partial charge in [0.15, 0.2) is 0 Å². The highest BCUT2D eigenvalue weighted by molar-refractivity contribution is 9.10. The average molecular weight is 330 g/mol. The fourth-order valence-corrected chi connectivity index (χ4v) is 3.12. The highest BCUT2D eigenvalue weighted by Gasteiger charge is 2.41. The van der Waals surface area contributed by atoms with E-state index in [0.717, 1.165) is 23.1 Å². The third kappa shape index (κ3) is 3.28. The van der Waals surface area contributed by atoms with E-state index in [4.69, 9.17) is 5.11 Å². The van der Waals surface area contributed by atoms with Crippen LogP contribution in [-0.4, -0.2) is 28.6 Å². The van der Waals surface area contributed by atoms with Crippen LogP contribution in [0.1, 0.15) is 28.8 Å². The molecule has 1 aromatic rings. The quantitative estimate of drug-likeness (QED) is 0.841. The van der Waals surface area contributed by atoms with Crippen molar-refractivity contribution in [2.24, 2.45) is 0 Å². The second-order valence-electron chi connectivity index (χ2n) is 4.60. The second kappa shape index (κ2) is 5.63. The molecule has 0 saturated heterocycles. The molecule has 1 saturated carbocycles. The van der Waals surface area contributed by atoms with Crippen molar-refractivity contribution in [3.05, 3.63) is 33.8 Å². The summed E-state index contributed by atoms with van der Waals surface area (Å²) in [4.78, 5) is 10.8. The minimum absolute atomic E-state index is 0.313. The van der Waals surface area contributed by atoms with Gasteiger partial charge >= 0.3 is 5.97 Å². The lowest BCUT2D eigenvalue weighted by atomic mass is 10.1. The van der Waals surface area contributed by atoms with Gasteiger partial charge in [-0.25, -0.2) is 4.79 Å². The number of aromatic carboxylic acids is 1. The number of hydrogen-bond donors (Lipinski definition) is 2. The number of nitrogens with one attached hydrogen (secondary N) is 1. The molecule has 0 bridgehead atoms. The van der Waals surface area contributed by atoms with Crippen molar-refractivity contribution in [3.8, 4) is 0 Å². The van der Waals surface area contributed by atoms with Gasteiger partial charge in [-0.05, 0) is 36.8 Å². The third-order valence-corrected chi connectivity index (χ3v) is 5.46. The lowest BCUT2D eigenvalue weighted by molar-refractivity contribution is 0.0697. The molecule has 0 amide bonds. The first-order valence-corrected chi connectivity index (χ1v) is 7.86. The summed E-state index contributed by atoms with van der Waals surface area (Å²) in [6.45, 7) is 1.78. The molecule has 0 aromatic heterocycles. The number of thioether (sulfide) groups is 1. The summed E-state index contributed by atoms with van der Waals surface area (Å²) in [6, 6.07) is 5.16. The van der Waals surface area contributed by atoms with Crippen molar-refractivity contribution in [1.82, 2.24) is 5.32 Å². The molecular weight excluding hydrogens is 314 g/mol. The highest BCUT2D eigenvalue weighted by Crippen LogP contribution is 2.46. The Hall–Kier alpha value is -0.520. The monoisotopic (exact) mass is 329 g/mol. The second-order valence-corrected chi connectivity index (χ2v) is 6.73. The normalized spacial score (nSPS) is 16.6. The van der Waals surface area contributed by atoms with Gasteiger partial charge in [0.25, 0.3) is 0 Å². The molecule has 2 N–H and O–H groups in total. The molecule has 3 nitrogen and oxygen atoms in total. The Balaban J connectivity index is 1.91. The Morgan fingerprint density at radius 1 is 1.56 bits per heavy atom. The van der Waals surface area contributed by atoms with Crippen molar-refractivity contribution in [1.29, 1.82) is 0 Å². The zero-order valence-electron chi connectivity index (χ0n) is 10.2. The van der Waals surface area contributed by atoms with Crippen LogP contribution in [0.5, 0.6) is 0 Å². The van der Waals surface area contributed by atoms with E-state index < -0.39 is 5.97 Å². The fourth-order valence-electron chi connectivity index (χ4n) is 1.84. The van der Waals surface area contributed by atoms with Gasteiger partial charge < -0.3 is 10.4 Å². The van der Waals surface area contributed by atoms with Crippen molar-refractivity contribution >= 4 is 33.7 Å². The first-order valence-electron chi connectivity index (χ1n) is 5.84. The zero-order valence-corrected chi connectivity index (χ0v) is 12.6. The van der Waals surface area contributed by atoms with E-state index in [0.29, 0.717) is 10.3 Å². The number of carboxylic acids is 1. The summed E-state index contributed by atoms with van der Waals surface area (Å²) in [5.41, 5.74) is 1.41. The summed E-state index contributed by atoms with van der Waals surface area (Å²) < 4.78 is 1.30. The lowest BCUT2D eigenvalue weighted by Crippen LogP contribution is -2.25. The maximum absolute atomic E-state index is 10.8. The van der Waals surface area contributed by atoms with Gasteiger partial charge in [0, 0.05) is 22.3 Å². The molecule has 2 rings (SSSR count). The summed E-state index contributed by atoms with van der Waals surface area (Å²) in [5, 5.41) is 12.3. The molecule has 18 heavy (non-hydrogen) atoms. The van der Waals surface area contributed by atoms with Crippen LogP contribution in [0.25, 0.3) is 0 Å². The molecule has 1 aliphatic carbocycles. The highest BCUT2D eigenvalue weighted by atomic mass is 79.9. The maximum Gasteiger partial charge on any atom is 0.335 e. The van der Waals surface area contributed by atoms with Crippen molar-refractivity contribution in [3.63, 3.8) is 0 Å². The first-order chi connectivity index (χ1) is 8.56. The van der Waals surface area contributed by atoms with E-state index in [2.05, 4.69) is 27.5 Å². The van der Waals surface area contributed by atoms with E-state index in [1.165, 1.54) is 12.8 Å². The molecule has 0 spiro atoms. The SMILES string of the molecule is CSC1(CNCc2ccc(C(=O)O)cc2Br)CC1. The summed E-state index contributed by atoms with van der Waals surface area (Å²) in [5.74, 6) is -0.894. The minimum Gasteiger partial charge on any atom is -0.478 e. The summed E-state index contributed by atoms with van der Waals surface area (Å²) in [7, 11) is 0. The minimum atomic E-state index is -0.894. The van der Waals surface area contributed by atoms with E-state index in [1.54, 1.807) is 12.1 Å². The molecule has 1 aliphatic rings. The van der Waals surface area contributed by atoms with E-state index in [1.807, 2.05) is 17.8 Å². The Morgan fingerprint density at radius 3 is 2.78 bits per heavy atom. The fraction of sp³-hybridized carbons (Fsp3) is 0.462. The predicted molar refractivity (Wildman–Crippen MR) is 78.3 cm³/mol. The Bertz CT molecular complexity index is 460. The van der Waals surface area contributed by atoms with Gasteiger partial charge in [-0.3, -0.25) is 0 Å². The predicted octanol–water partition coefficient (Wildman–Crippen LogP) is 3.13. The van der Waals surface area contributed by atoms with Gasteiger partial charge in [-0.1, -0.05) is 22.0 Å². The van der Waals surface area contributed by atoms with E-state index in [-0.39, 0.29) is 0 Å². The smallest absolute Gasteiger partial charge is 0.335 e. The van der Waals surface area contributed by atoms with Crippen molar-refractivity contribution in [2.45, 2.75) is 24.1 Å². The Kier molecular flexibility index (Phi) is 4.35. The third-order valence-electron chi connectivity index (χ3n) is 3.30. The van der Waals surface area contributed by atoms with Gasteiger partial charge in [0.1, 0.15) is 0 Å². The van der Waals surface area contributed by atoms with Crippen LogP contribution in [0, 0.1) is 0 Å². The molecule has 0 radical (unpaired) electrons. The standard InChI is InChI=1S/C13H16BrNO2S/c1-18-13(4-5-13)8-15-7-10-3-2-9(12(16)17)6-11(10)14/h2-3,6,15H,4-5,7-8H2,1H3,(H,16,17). The van der Waals surface area contributed by atoms with Crippen LogP contribution in [0.3, 0.4) is 0 Å². The van der Waals surface area contributed by atoms with Crippen LogP contribution in [0.15, 0.2) is 22.7 Å². The zero-order chi connectivity index (χ0) is 13.2. The topological polar surface area (TPSA) is 49.3 Å². The van der Waals surface area contributed by atoms with Crippen LogP contribution < -0.4 is 5.32 Å². The summed E-state index contributed by atoms with van der Waals surface area (Å²) >= 11 is 5.35. The number of carboxylic acid groups (broad SMARTS) is 1. The number of halogens is 1. The average Bonchev–Trinajstić information content (AvgIpc) is 3.11. The molecule has 0 atom stereocenters. The molecule has 0 unspecified atom stereocenters. The van der Waals surface area contributed by atoms with E-state index in [9.17, 15) is 4.79 Å². The molecule has 0 aliphatic heterocycles. The molecule has 98 valence electrons. The number of carbonyl (C=O) groups is 1. The Labute approximate surface area is 119 Å².